The van der Waals surface area contributed by atoms with Crippen molar-refractivity contribution < 1.29 is 9.90 Å². The number of hydrogen-bond donors (Lipinski definition) is 2. The Hall–Kier alpha value is -2.59. The quantitative estimate of drug-likeness (QED) is 0.760. The number of aromatic nitrogens is 1. The van der Waals surface area contributed by atoms with E-state index in [0.717, 1.165) is 16.5 Å². The van der Waals surface area contributed by atoms with Crippen LogP contribution in [0.5, 0.6) is 0 Å². The van der Waals surface area contributed by atoms with E-state index in [1.165, 1.54) is 0 Å². The number of aromatic amines is 1. The van der Waals surface area contributed by atoms with Crippen LogP contribution in [0.25, 0.3) is 10.9 Å². The van der Waals surface area contributed by atoms with E-state index in [0.29, 0.717) is 18.8 Å². The summed E-state index contributed by atoms with van der Waals surface area (Å²) in [5.41, 5.74) is 2.53. The van der Waals surface area contributed by atoms with Gasteiger partial charge in [0, 0.05) is 24.0 Å². The van der Waals surface area contributed by atoms with Gasteiger partial charge in [-0.2, -0.15) is 0 Å². The van der Waals surface area contributed by atoms with Crippen molar-refractivity contribution in [1.82, 2.24) is 9.88 Å². The van der Waals surface area contributed by atoms with Gasteiger partial charge in [-0.05, 0) is 17.7 Å². The number of benzene rings is 2. The fourth-order valence-corrected chi connectivity index (χ4v) is 2.54. The van der Waals surface area contributed by atoms with Crippen LogP contribution in [0.1, 0.15) is 16.1 Å². The van der Waals surface area contributed by atoms with Crippen LogP contribution in [0.2, 0.25) is 0 Å². The van der Waals surface area contributed by atoms with Gasteiger partial charge in [-0.25, -0.2) is 0 Å². The van der Waals surface area contributed by atoms with Crippen molar-refractivity contribution in [1.29, 1.82) is 0 Å². The summed E-state index contributed by atoms with van der Waals surface area (Å²) >= 11 is 0. The van der Waals surface area contributed by atoms with Crippen LogP contribution < -0.4 is 0 Å². The Labute approximate surface area is 129 Å². The summed E-state index contributed by atoms with van der Waals surface area (Å²) in [6.45, 7) is 0.734. The molecule has 4 heteroatoms. The highest BCUT2D eigenvalue weighted by atomic mass is 16.3. The molecule has 0 atom stereocenters. The van der Waals surface area contributed by atoms with E-state index < -0.39 is 0 Å². The zero-order chi connectivity index (χ0) is 15.4. The highest BCUT2D eigenvalue weighted by Crippen LogP contribution is 2.17. The second kappa shape index (κ2) is 6.45. The number of fused-ring (bicyclic) bond motifs is 1. The average Bonchev–Trinajstić information content (AvgIpc) is 2.99. The molecule has 0 aliphatic carbocycles. The largest absolute Gasteiger partial charge is 0.395 e. The molecule has 112 valence electrons. The lowest BCUT2D eigenvalue weighted by Crippen LogP contribution is -2.33. The van der Waals surface area contributed by atoms with Gasteiger partial charge >= 0.3 is 0 Å². The summed E-state index contributed by atoms with van der Waals surface area (Å²) in [7, 11) is 0. The number of amides is 1. The fraction of sp³-hybridized carbons (Fsp3) is 0.167. The van der Waals surface area contributed by atoms with Gasteiger partial charge in [0.1, 0.15) is 5.69 Å². The molecule has 0 spiro atoms. The molecular formula is C18H18N2O2. The van der Waals surface area contributed by atoms with Crippen molar-refractivity contribution in [2.24, 2.45) is 0 Å². The topological polar surface area (TPSA) is 56.3 Å². The average molecular weight is 294 g/mol. The van der Waals surface area contributed by atoms with E-state index >= 15 is 0 Å². The molecular weight excluding hydrogens is 276 g/mol. The van der Waals surface area contributed by atoms with Gasteiger partial charge in [0.2, 0.25) is 0 Å². The highest BCUT2D eigenvalue weighted by Gasteiger charge is 2.17. The molecule has 0 fully saturated rings. The molecule has 22 heavy (non-hydrogen) atoms. The molecule has 3 rings (SSSR count). The maximum absolute atomic E-state index is 12.7. The fourth-order valence-electron chi connectivity index (χ4n) is 2.54. The molecule has 1 heterocycles. The number of aliphatic hydroxyl groups is 1. The second-order valence-corrected chi connectivity index (χ2v) is 5.21. The Morgan fingerprint density at radius 2 is 1.77 bits per heavy atom. The Bertz CT molecular complexity index is 732. The van der Waals surface area contributed by atoms with Gasteiger partial charge in [-0.1, -0.05) is 48.5 Å². The Morgan fingerprint density at radius 1 is 1.05 bits per heavy atom. The molecule has 3 aromatic rings. The summed E-state index contributed by atoms with van der Waals surface area (Å²) in [4.78, 5) is 17.5. The molecule has 4 nitrogen and oxygen atoms in total. The molecule has 0 aliphatic heterocycles. The zero-order valence-corrected chi connectivity index (χ0v) is 12.2. The first-order chi connectivity index (χ1) is 10.8. The van der Waals surface area contributed by atoms with Crippen LogP contribution >= 0.6 is 0 Å². The third-order valence-corrected chi connectivity index (χ3v) is 3.63. The molecule has 0 unspecified atom stereocenters. The first kappa shape index (κ1) is 14.4. The number of carbonyl (C=O) groups excluding carboxylic acids is 1. The number of para-hydroxylation sites is 1. The summed E-state index contributed by atoms with van der Waals surface area (Å²) in [5.74, 6) is -0.103. The first-order valence-electron chi connectivity index (χ1n) is 7.30. The van der Waals surface area contributed by atoms with Crippen LogP contribution in [0.3, 0.4) is 0 Å². The van der Waals surface area contributed by atoms with Crippen LogP contribution in [0, 0.1) is 0 Å². The predicted molar refractivity (Wildman–Crippen MR) is 86.6 cm³/mol. The molecule has 2 aromatic carbocycles. The molecule has 0 saturated carbocycles. The Kier molecular flexibility index (Phi) is 4.21. The van der Waals surface area contributed by atoms with Crippen LogP contribution in [0.15, 0.2) is 60.7 Å². The third kappa shape index (κ3) is 3.02. The number of H-pyrrole nitrogens is 1. The second-order valence-electron chi connectivity index (χ2n) is 5.21. The lowest BCUT2D eigenvalue weighted by atomic mass is 10.2. The number of carbonyl (C=O) groups is 1. The first-order valence-corrected chi connectivity index (χ1v) is 7.30. The van der Waals surface area contributed by atoms with Gasteiger partial charge in [0.25, 0.3) is 5.91 Å². The van der Waals surface area contributed by atoms with E-state index in [1.807, 2.05) is 60.7 Å². The minimum Gasteiger partial charge on any atom is -0.395 e. The third-order valence-electron chi connectivity index (χ3n) is 3.63. The van der Waals surface area contributed by atoms with Crippen molar-refractivity contribution in [3.05, 3.63) is 71.9 Å². The summed E-state index contributed by atoms with van der Waals surface area (Å²) in [6.07, 6.45) is 0. The highest BCUT2D eigenvalue weighted by molar-refractivity contribution is 5.98. The van der Waals surface area contributed by atoms with Crippen molar-refractivity contribution in [2.45, 2.75) is 6.54 Å². The molecule has 0 radical (unpaired) electrons. The number of nitrogens with zero attached hydrogens (tertiary/aromatic N) is 1. The normalized spacial score (nSPS) is 10.8. The molecule has 2 N–H and O–H groups in total. The summed E-state index contributed by atoms with van der Waals surface area (Å²) < 4.78 is 0. The van der Waals surface area contributed by atoms with Crippen LogP contribution in [-0.2, 0) is 6.54 Å². The predicted octanol–water partition coefficient (Wildman–Crippen LogP) is 2.80. The van der Waals surface area contributed by atoms with E-state index in [4.69, 9.17) is 0 Å². The number of hydrogen-bond acceptors (Lipinski definition) is 2. The van der Waals surface area contributed by atoms with E-state index in [-0.39, 0.29) is 12.5 Å². The molecule has 0 aliphatic rings. The van der Waals surface area contributed by atoms with Crippen molar-refractivity contribution in [3.63, 3.8) is 0 Å². The van der Waals surface area contributed by atoms with Crippen molar-refractivity contribution in [3.8, 4) is 0 Å². The SMILES string of the molecule is O=C(c1cc2ccccc2[nH]1)N(CCO)Cc1ccccc1. The van der Waals surface area contributed by atoms with Crippen molar-refractivity contribution >= 4 is 16.8 Å². The van der Waals surface area contributed by atoms with E-state index in [1.54, 1.807) is 4.90 Å². The van der Waals surface area contributed by atoms with E-state index in [9.17, 15) is 9.90 Å². The number of aliphatic hydroxyl groups excluding tert-OH is 1. The van der Waals surface area contributed by atoms with Crippen LogP contribution in [-0.4, -0.2) is 34.0 Å². The summed E-state index contributed by atoms with van der Waals surface area (Å²) in [5, 5.41) is 10.3. The Balaban J connectivity index is 1.85. The van der Waals surface area contributed by atoms with Gasteiger partial charge in [0.15, 0.2) is 0 Å². The van der Waals surface area contributed by atoms with Gasteiger partial charge < -0.3 is 15.0 Å². The standard InChI is InChI=1S/C18H18N2O2/c21-11-10-20(13-14-6-2-1-3-7-14)18(22)17-12-15-8-4-5-9-16(15)19-17/h1-9,12,19,21H,10-11,13H2. The van der Waals surface area contributed by atoms with Crippen LogP contribution in [0.4, 0.5) is 0 Å². The molecule has 1 aromatic heterocycles. The van der Waals surface area contributed by atoms with Gasteiger partial charge in [-0.15, -0.1) is 0 Å². The van der Waals surface area contributed by atoms with E-state index in [2.05, 4.69) is 4.98 Å². The van der Waals surface area contributed by atoms with Gasteiger partial charge in [-0.3, -0.25) is 4.79 Å². The monoisotopic (exact) mass is 294 g/mol. The smallest absolute Gasteiger partial charge is 0.270 e. The lowest BCUT2D eigenvalue weighted by molar-refractivity contribution is 0.0703. The zero-order valence-electron chi connectivity index (χ0n) is 12.2. The maximum Gasteiger partial charge on any atom is 0.270 e. The molecule has 1 amide bonds. The summed E-state index contributed by atoms with van der Waals surface area (Å²) in [6, 6.07) is 19.4. The number of rotatable bonds is 5. The minimum absolute atomic E-state index is 0.0567. The number of nitrogens with one attached hydrogen (secondary N) is 1. The lowest BCUT2D eigenvalue weighted by Gasteiger charge is -2.21. The Morgan fingerprint density at radius 3 is 2.50 bits per heavy atom. The molecule has 0 saturated heterocycles. The van der Waals surface area contributed by atoms with Crippen molar-refractivity contribution in [2.75, 3.05) is 13.2 Å². The van der Waals surface area contributed by atoms with Gasteiger partial charge in [0.05, 0.1) is 6.61 Å². The minimum atomic E-state index is -0.103. The maximum atomic E-state index is 12.7. The molecule has 0 bridgehead atoms.